The van der Waals surface area contributed by atoms with Crippen molar-refractivity contribution in [2.75, 3.05) is 0 Å². The zero-order valence-electron chi connectivity index (χ0n) is 20.6. The fraction of sp³-hybridized carbons (Fsp3) is 0.875. The van der Waals surface area contributed by atoms with Crippen LogP contribution in [0.15, 0.2) is 0 Å². The number of esters is 1. The molecule has 0 atom stereocenters. The summed E-state index contributed by atoms with van der Waals surface area (Å²) in [5.41, 5.74) is 0. The Morgan fingerprint density at radius 2 is 1.19 bits per heavy atom. The molecule has 1 N–H and O–H groups in total. The first-order chi connectivity index (χ1) is 14.9. The molecule has 0 saturated heterocycles. The first kappa shape index (κ1) is 31.8. The fourth-order valence-corrected chi connectivity index (χ4v) is 3.30. The molecule has 1 fully saturated rings. The highest BCUT2D eigenvalue weighted by molar-refractivity contribution is 6.05. The monoisotopic (exact) mass is 460 g/mol. The van der Waals surface area contributed by atoms with Crippen LogP contribution in [0.2, 0.25) is 0 Å². The molecule has 1 rings (SSSR count). The Balaban J connectivity index is 0. The molecular formula is C24H48O6Si. The third-order valence-corrected chi connectivity index (χ3v) is 5.50. The molecule has 6 nitrogen and oxygen atoms in total. The van der Waals surface area contributed by atoms with E-state index in [0.29, 0.717) is 29.7 Å². The molecule has 0 aromatic carbocycles. The second kappa shape index (κ2) is 24.9. The largest absolute Gasteiger partial charge is 0.529 e. The third kappa shape index (κ3) is 26.6. The third-order valence-electron chi connectivity index (χ3n) is 5.04. The SMILES string of the molecule is CCCCCC(=O)O.CCCCCC(=O)OC1CCCCC1.CCCCCC(=O)O[SiH3]. The Kier molecular flexibility index (Phi) is 25.5. The van der Waals surface area contributed by atoms with E-state index in [2.05, 4.69) is 25.2 Å². The van der Waals surface area contributed by atoms with Crippen LogP contribution in [-0.4, -0.2) is 39.6 Å². The summed E-state index contributed by atoms with van der Waals surface area (Å²) in [6, 6.07) is 0. The van der Waals surface area contributed by atoms with E-state index >= 15 is 0 Å². The molecule has 0 spiro atoms. The van der Waals surface area contributed by atoms with Crippen molar-refractivity contribution in [3.05, 3.63) is 0 Å². The Labute approximate surface area is 193 Å². The van der Waals surface area contributed by atoms with Gasteiger partial charge in [-0.25, -0.2) is 0 Å². The van der Waals surface area contributed by atoms with E-state index in [9.17, 15) is 14.4 Å². The van der Waals surface area contributed by atoms with Crippen LogP contribution in [0.1, 0.15) is 130 Å². The summed E-state index contributed by atoms with van der Waals surface area (Å²) in [7, 11) is 0.542. The molecule has 1 aliphatic carbocycles. The summed E-state index contributed by atoms with van der Waals surface area (Å²) in [4.78, 5) is 31.7. The zero-order chi connectivity index (χ0) is 23.7. The zero-order valence-corrected chi connectivity index (χ0v) is 22.6. The van der Waals surface area contributed by atoms with E-state index in [-0.39, 0.29) is 18.0 Å². The fourth-order valence-electron chi connectivity index (χ4n) is 3.09. The topological polar surface area (TPSA) is 89.9 Å². The second-order valence-electron chi connectivity index (χ2n) is 8.09. The molecule has 0 heterocycles. The van der Waals surface area contributed by atoms with E-state index in [1.807, 2.05) is 0 Å². The summed E-state index contributed by atoms with van der Waals surface area (Å²) < 4.78 is 10.00. The van der Waals surface area contributed by atoms with Crippen molar-refractivity contribution in [2.24, 2.45) is 0 Å². The highest BCUT2D eigenvalue weighted by atomic mass is 28.2. The van der Waals surface area contributed by atoms with Crippen LogP contribution in [0.5, 0.6) is 0 Å². The highest BCUT2D eigenvalue weighted by Crippen LogP contribution is 2.20. The minimum atomic E-state index is -0.682. The Morgan fingerprint density at radius 3 is 1.61 bits per heavy atom. The standard InChI is InChI=1S/C12H22O2.C6H14O2Si.C6H12O2/c1-2-3-5-10-12(13)14-11-8-6-4-7-9-11;1-2-3-4-5-6(7)8-9;1-2-3-4-5-6(7)8/h11H,2-10H2,1H3;2-5H2,1,9H3;2-5H2,1H3,(H,7,8). The first-order valence-electron chi connectivity index (χ1n) is 12.4. The van der Waals surface area contributed by atoms with Crippen LogP contribution in [0.25, 0.3) is 0 Å². The molecule has 7 heteroatoms. The van der Waals surface area contributed by atoms with Crippen molar-refractivity contribution in [2.45, 2.75) is 136 Å². The van der Waals surface area contributed by atoms with Crippen LogP contribution in [0.3, 0.4) is 0 Å². The van der Waals surface area contributed by atoms with Crippen molar-refractivity contribution < 1.29 is 28.7 Å². The molecule has 0 aromatic rings. The molecule has 0 aliphatic heterocycles. The van der Waals surface area contributed by atoms with Crippen LogP contribution in [0.4, 0.5) is 0 Å². The average Bonchev–Trinajstić information content (AvgIpc) is 2.75. The van der Waals surface area contributed by atoms with E-state index < -0.39 is 5.97 Å². The van der Waals surface area contributed by atoms with Crippen LogP contribution in [0, 0.1) is 0 Å². The van der Waals surface area contributed by atoms with Crippen LogP contribution >= 0.6 is 0 Å². The second-order valence-corrected chi connectivity index (χ2v) is 8.50. The maximum atomic E-state index is 11.4. The summed E-state index contributed by atoms with van der Waals surface area (Å²) in [5, 5.41) is 8.14. The lowest BCUT2D eigenvalue weighted by atomic mass is 9.98. The molecule has 31 heavy (non-hydrogen) atoms. The van der Waals surface area contributed by atoms with Gasteiger partial charge in [0.1, 0.15) is 6.10 Å². The summed E-state index contributed by atoms with van der Waals surface area (Å²) in [6.45, 7) is 6.32. The number of carboxylic acids is 1. The lowest BCUT2D eigenvalue weighted by Crippen LogP contribution is -2.20. The molecule has 184 valence electrons. The number of hydrogen-bond donors (Lipinski definition) is 1. The van der Waals surface area contributed by atoms with Gasteiger partial charge in [-0.2, -0.15) is 0 Å². The number of carboxylic acid groups (broad SMARTS) is 1. The molecule has 0 amide bonds. The van der Waals surface area contributed by atoms with Crippen LogP contribution in [-0.2, 0) is 23.5 Å². The highest BCUT2D eigenvalue weighted by Gasteiger charge is 2.16. The van der Waals surface area contributed by atoms with Crippen LogP contribution < -0.4 is 0 Å². The van der Waals surface area contributed by atoms with Gasteiger partial charge in [-0.05, 0) is 44.9 Å². The predicted molar refractivity (Wildman–Crippen MR) is 129 cm³/mol. The van der Waals surface area contributed by atoms with Gasteiger partial charge in [0, 0.05) is 19.3 Å². The quantitative estimate of drug-likeness (QED) is 0.222. The molecule has 0 radical (unpaired) electrons. The number of carbonyl (C=O) groups excluding carboxylic acids is 2. The predicted octanol–water partition coefficient (Wildman–Crippen LogP) is 5.48. The van der Waals surface area contributed by atoms with Gasteiger partial charge in [0.15, 0.2) is 0 Å². The lowest BCUT2D eigenvalue weighted by Gasteiger charge is -2.21. The van der Waals surface area contributed by atoms with E-state index in [4.69, 9.17) is 9.84 Å². The number of carbonyl (C=O) groups is 3. The summed E-state index contributed by atoms with van der Waals surface area (Å²) in [5.74, 6) is -0.695. The Hall–Kier alpha value is -1.37. The number of hydrogen-bond acceptors (Lipinski definition) is 5. The molecule has 1 saturated carbocycles. The van der Waals surface area contributed by atoms with E-state index in [1.54, 1.807) is 0 Å². The van der Waals surface area contributed by atoms with Crippen molar-refractivity contribution >= 4 is 28.4 Å². The van der Waals surface area contributed by atoms with E-state index in [1.165, 1.54) is 19.3 Å². The van der Waals surface area contributed by atoms with Gasteiger partial charge in [0.25, 0.3) is 5.97 Å². The maximum absolute atomic E-state index is 11.4. The normalized spacial score (nSPS) is 13.3. The Bertz CT molecular complexity index is 436. The summed E-state index contributed by atoms with van der Waals surface area (Å²) in [6.07, 6.45) is 17.2. The maximum Gasteiger partial charge on any atom is 0.306 e. The van der Waals surface area contributed by atoms with Crippen molar-refractivity contribution in [3.8, 4) is 0 Å². The van der Waals surface area contributed by atoms with Crippen molar-refractivity contribution in [3.63, 3.8) is 0 Å². The van der Waals surface area contributed by atoms with Crippen molar-refractivity contribution in [1.29, 1.82) is 0 Å². The number of unbranched alkanes of at least 4 members (excludes halogenated alkanes) is 6. The van der Waals surface area contributed by atoms with E-state index in [0.717, 1.165) is 70.6 Å². The molecular weight excluding hydrogens is 412 g/mol. The van der Waals surface area contributed by atoms with Crippen molar-refractivity contribution in [1.82, 2.24) is 0 Å². The average molecular weight is 461 g/mol. The smallest absolute Gasteiger partial charge is 0.306 e. The number of rotatable bonds is 13. The van der Waals surface area contributed by atoms with Gasteiger partial charge >= 0.3 is 11.9 Å². The molecule has 0 aromatic heterocycles. The number of aliphatic carboxylic acids is 1. The number of ether oxygens (including phenoxy) is 1. The van der Waals surface area contributed by atoms with Gasteiger partial charge < -0.3 is 14.3 Å². The molecule has 1 aliphatic rings. The Morgan fingerprint density at radius 1 is 0.742 bits per heavy atom. The minimum absolute atomic E-state index is 0.0188. The lowest BCUT2D eigenvalue weighted by molar-refractivity contribution is -0.150. The minimum Gasteiger partial charge on any atom is -0.529 e. The van der Waals surface area contributed by atoms with Gasteiger partial charge in [-0.3, -0.25) is 14.4 Å². The van der Waals surface area contributed by atoms with Gasteiger partial charge in [0.2, 0.25) is 10.5 Å². The van der Waals surface area contributed by atoms with Gasteiger partial charge in [0.05, 0.1) is 0 Å². The summed E-state index contributed by atoms with van der Waals surface area (Å²) >= 11 is 0. The molecule has 0 unspecified atom stereocenters. The van der Waals surface area contributed by atoms with Gasteiger partial charge in [-0.1, -0.05) is 65.7 Å². The van der Waals surface area contributed by atoms with Gasteiger partial charge in [-0.15, -0.1) is 0 Å². The first-order valence-corrected chi connectivity index (χ1v) is 13.2. The molecule has 0 bridgehead atoms.